The molecule has 0 saturated carbocycles. The number of hydrogen-bond acceptors (Lipinski definition) is 3. The first-order valence-electron chi connectivity index (χ1n) is 7.00. The number of nitrogens with one attached hydrogen (secondary N) is 1. The van der Waals surface area contributed by atoms with Crippen LogP contribution in [0.2, 0.25) is 0 Å². The molecule has 0 radical (unpaired) electrons. The second-order valence-corrected chi connectivity index (χ2v) is 5.90. The molecule has 1 aromatic rings. The van der Waals surface area contributed by atoms with Gasteiger partial charge in [0.15, 0.2) is 0 Å². The Morgan fingerprint density at radius 3 is 2.94 bits per heavy atom. The summed E-state index contributed by atoms with van der Waals surface area (Å²) in [6, 6.07) is 1.12. The summed E-state index contributed by atoms with van der Waals surface area (Å²) in [5.74, 6) is 0.721. The van der Waals surface area contributed by atoms with Crippen molar-refractivity contribution in [3.8, 4) is 0 Å². The molecule has 1 aliphatic heterocycles. The van der Waals surface area contributed by atoms with E-state index in [1.54, 1.807) is 0 Å². The summed E-state index contributed by atoms with van der Waals surface area (Å²) in [5.41, 5.74) is 1.29. The maximum absolute atomic E-state index is 4.25. The molecule has 0 bridgehead atoms. The molecule has 1 N–H and O–H groups in total. The number of likely N-dealkylation sites (tertiary alicyclic amines) is 1. The van der Waals surface area contributed by atoms with Crippen LogP contribution in [-0.2, 0) is 6.54 Å². The quantitative estimate of drug-likeness (QED) is 0.886. The van der Waals surface area contributed by atoms with E-state index in [1.165, 1.54) is 25.2 Å². The van der Waals surface area contributed by atoms with Crippen LogP contribution in [0.3, 0.4) is 0 Å². The summed E-state index contributed by atoms with van der Waals surface area (Å²) in [7, 11) is 2.21. The maximum Gasteiger partial charge on any atom is 0.0951 e. The molecule has 1 fully saturated rings. The zero-order chi connectivity index (χ0) is 13.1. The summed E-state index contributed by atoms with van der Waals surface area (Å²) in [5, 5.41) is 3.70. The monoisotopic (exact) mass is 250 g/mol. The van der Waals surface area contributed by atoms with Crippen molar-refractivity contribution in [3.05, 3.63) is 18.2 Å². The standard InChI is InChI=1S/C14H26N4/c1-11(2)18-10-15-7-13(18)8-16-14-5-6-17(4)9-12(14)3/h7,10-12,14,16H,5-6,8-9H2,1-4H3. The van der Waals surface area contributed by atoms with Gasteiger partial charge in [-0.15, -0.1) is 0 Å². The molecular weight excluding hydrogens is 224 g/mol. The van der Waals surface area contributed by atoms with Gasteiger partial charge in [0.2, 0.25) is 0 Å². The summed E-state index contributed by atoms with van der Waals surface area (Å²) in [4.78, 5) is 6.67. The largest absolute Gasteiger partial charge is 0.331 e. The maximum atomic E-state index is 4.25. The van der Waals surface area contributed by atoms with Crippen molar-refractivity contribution in [2.75, 3.05) is 20.1 Å². The van der Waals surface area contributed by atoms with Crippen molar-refractivity contribution in [1.29, 1.82) is 0 Å². The Kier molecular flexibility index (Phi) is 4.40. The molecule has 2 rings (SSSR count). The minimum absolute atomic E-state index is 0.485. The highest BCUT2D eigenvalue weighted by Gasteiger charge is 2.23. The van der Waals surface area contributed by atoms with Gasteiger partial charge in [0.1, 0.15) is 0 Å². The van der Waals surface area contributed by atoms with Crippen LogP contribution >= 0.6 is 0 Å². The molecule has 4 nitrogen and oxygen atoms in total. The average molecular weight is 250 g/mol. The predicted molar refractivity (Wildman–Crippen MR) is 74.5 cm³/mol. The van der Waals surface area contributed by atoms with Gasteiger partial charge in [-0.3, -0.25) is 0 Å². The van der Waals surface area contributed by atoms with Gasteiger partial charge in [-0.25, -0.2) is 4.98 Å². The first kappa shape index (κ1) is 13.6. The van der Waals surface area contributed by atoms with Crippen LogP contribution in [0.4, 0.5) is 0 Å². The zero-order valence-electron chi connectivity index (χ0n) is 12.1. The van der Waals surface area contributed by atoms with Crippen molar-refractivity contribution in [1.82, 2.24) is 19.8 Å². The molecule has 1 saturated heterocycles. The van der Waals surface area contributed by atoms with Crippen LogP contribution in [0.15, 0.2) is 12.5 Å². The molecule has 4 heteroatoms. The normalized spacial score (nSPS) is 25.8. The van der Waals surface area contributed by atoms with Crippen molar-refractivity contribution in [2.45, 2.75) is 45.8 Å². The van der Waals surface area contributed by atoms with Crippen LogP contribution in [0.5, 0.6) is 0 Å². The molecule has 0 spiro atoms. The summed E-state index contributed by atoms with van der Waals surface area (Å²) >= 11 is 0. The lowest BCUT2D eigenvalue weighted by Gasteiger charge is -2.35. The summed E-state index contributed by atoms with van der Waals surface area (Å²) < 4.78 is 2.24. The lowest BCUT2D eigenvalue weighted by molar-refractivity contribution is 0.173. The third-order valence-corrected chi connectivity index (χ3v) is 3.96. The first-order chi connectivity index (χ1) is 8.58. The smallest absolute Gasteiger partial charge is 0.0951 e. The number of nitrogens with zero attached hydrogens (tertiary/aromatic N) is 3. The Balaban J connectivity index is 1.89. The Hall–Kier alpha value is -0.870. The predicted octanol–water partition coefficient (Wildman–Crippen LogP) is 1.89. The number of imidazole rings is 1. The van der Waals surface area contributed by atoms with E-state index in [1.807, 2.05) is 12.5 Å². The van der Waals surface area contributed by atoms with Crippen LogP contribution in [0.25, 0.3) is 0 Å². The van der Waals surface area contributed by atoms with Gasteiger partial charge in [-0.1, -0.05) is 6.92 Å². The Morgan fingerprint density at radius 1 is 1.50 bits per heavy atom. The van der Waals surface area contributed by atoms with Crippen molar-refractivity contribution in [2.24, 2.45) is 5.92 Å². The highest BCUT2D eigenvalue weighted by atomic mass is 15.1. The second-order valence-electron chi connectivity index (χ2n) is 5.90. The fraction of sp³-hybridized carbons (Fsp3) is 0.786. The van der Waals surface area contributed by atoms with Gasteiger partial charge in [0.05, 0.1) is 12.0 Å². The molecule has 1 aliphatic rings. The van der Waals surface area contributed by atoms with Gasteiger partial charge in [-0.05, 0) is 39.8 Å². The minimum Gasteiger partial charge on any atom is -0.331 e. The van der Waals surface area contributed by atoms with Crippen LogP contribution < -0.4 is 5.32 Å². The lowest BCUT2D eigenvalue weighted by atomic mass is 9.94. The third kappa shape index (κ3) is 3.12. The molecule has 2 unspecified atom stereocenters. The number of aromatic nitrogens is 2. The fourth-order valence-corrected chi connectivity index (χ4v) is 2.83. The molecule has 102 valence electrons. The van der Waals surface area contributed by atoms with E-state index >= 15 is 0 Å². The van der Waals surface area contributed by atoms with E-state index < -0.39 is 0 Å². The van der Waals surface area contributed by atoms with Gasteiger partial charge in [0.25, 0.3) is 0 Å². The molecule has 0 amide bonds. The van der Waals surface area contributed by atoms with Crippen LogP contribution in [0.1, 0.15) is 38.9 Å². The highest BCUT2D eigenvalue weighted by molar-refractivity contribution is 5.00. The average Bonchev–Trinajstić information content (AvgIpc) is 2.76. The fourth-order valence-electron chi connectivity index (χ4n) is 2.83. The molecular formula is C14H26N4. The van der Waals surface area contributed by atoms with Crippen LogP contribution in [0, 0.1) is 5.92 Å². The van der Waals surface area contributed by atoms with Crippen molar-refractivity contribution >= 4 is 0 Å². The van der Waals surface area contributed by atoms with E-state index in [0.717, 1.165) is 12.5 Å². The topological polar surface area (TPSA) is 33.1 Å². The number of rotatable bonds is 4. The van der Waals surface area contributed by atoms with Gasteiger partial charge in [-0.2, -0.15) is 0 Å². The number of piperidine rings is 1. The van der Waals surface area contributed by atoms with E-state index in [9.17, 15) is 0 Å². The number of hydrogen-bond donors (Lipinski definition) is 1. The van der Waals surface area contributed by atoms with Crippen molar-refractivity contribution < 1.29 is 0 Å². The summed E-state index contributed by atoms with van der Waals surface area (Å²) in [6.45, 7) is 10.1. The van der Waals surface area contributed by atoms with E-state index in [4.69, 9.17) is 0 Å². The molecule has 0 aromatic carbocycles. The van der Waals surface area contributed by atoms with E-state index in [-0.39, 0.29) is 0 Å². The Bertz CT molecular complexity index is 372. The molecule has 2 heterocycles. The van der Waals surface area contributed by atoms with E-state index in [2.05, 4.69) is 47.6 Å². The minimum atomic E-state index is 0.485. The van der Waals surface area contributed by atoms with Crippen LogP contribution in [-0.4, -0.2) is 40.6 Å². The molecule has 2 atom stereocenters. The molecule has 1 aromatic heterocycles. The Morgan fingerprint density at radius 2 is 2.28 bits per heavy atom. The zero-order valence-corrected chi connectivity index (χ0v) is 12.1. The van der Waals surface area contributed by atoms with Crippen molar-refractivity contribution in [3.63, 3.8) is 0 Å². The van der Waals surface area contributed by atoms with Gasteiger partial charge < -0.3 is 14.8 Å². The van der Waals surface area contributed by atoms with Gasteiger partial charge >= 0.3 is 0 Å². The second kappa shape index (κ2) is 5.85. The first-order valence-corrected chi connectivity index (χ1v) is 7.00. The third-order valence-electron chi connectivity index (χ3n) is 3.96. The van der Waals surface area contributed by atoms with E-state index in [0.29, 0.717) is 12.1 Å². The van der Waals surface area contributed by atoms with Gasteiger partial charge in [0, 0.05) is 31.4 Å². The highest BCUT2D eigenvalue weighted by Crippen LogP contribution is 2.16. The SMILES string of the molecule is CC1CN(C)CCC1NCc1cncn1C(C)C. The lowest BCUT2D eigenvalue weighted by Crippen LogP contribution is -2.46. The molecule has 18 heavy (non-hydrogen) atoms. The Labute approximate surface area is 110 Å². The molecule has 0 aliphatic carbocycles. The summed E-state index contributed by atoms with van der Waals surface area (Å²) in [6.07, 6.45) is 5.15.